The molecule has 0 unspecified atom stereocenters. The lowest BCUT2D eigenvalue weighted by atomic mass is 9.73. The molecule has 2 aliphatic rings. The van der Waals surface area contributed by atoms with Crippen molar-refractivity contribution in [1.82, 2.24) is 0 Å². The predicted octanol–water partition coefficient (Wildman–Crippen LogP) is 3.07. The average molecular weight is 312 g/mol. The molecule has 2 saturated heterocycles. The Bertz CT molecular complexity index is 435. The smallest absolute Gasteiger partial charge is 0.121 e. The number of methoxy groups -OCH3 is 1. The third kappa shape index (κ3) is 2.12. The summed E-state index contributed by atoms with van der Waals surface area (Å²) in [6, 6.07) is 6.15. The molecule has 1 spiro atoms. The second-order valence-electron chi connectivity index (χ2n) is 5.29. The zero-order chi connectivity index (χ0) is 12.6. The fourth-order valence-electron chi connectivity index (χ4n) is 2.92. The van der Waals surface area contributed by atoms with Crippen molar-refractivity contribution in [3.05, 3.63) is 22.7 Å². The van der Waals surface area contributed by atoms with Gasteiger partial charge in [0.05, 0.1) is 12.8 Å². The number of hydrogen-bond acceptors (Lipinski definition) is 3. The minimum Gasteiger partial charge on any atom is -0.497 e. The number of ether oxygens (including phenoxy) is 2. The molecule has 3 rings (SSSR count). The Morgan fingerprint density at radius 3 is 2.67 bits per heavy atom. The van der Waals surface area contributed by atoms with Crippen molar-refractivity contribution in [2.24, 2.45) is 5.41 Å². The SMILES string of the molecule is COc1ccc(Br)c(N2CC3(CCOCC3)C2)c1. The van der Waals surface area contributed by atoms with Gasteiger partial charge in [-0.1, -0.05) is 0 Å². The van der Waals surface area contributed by atoms with Crippen molar-refractivity contribution < 1.29 is 9.47 Å². The van der Waals surface area contributed by atoms with Gasteiger partial charge in [0.1, 0.15) is 5.75 Å². The highest BCUT2D eigenvalue weighted by atomic mass is 79.9. The summed E-state index contributed by atoms with van der Waals surface area (Å²) >= 11 is 3.63. The fourth-order valence-corrected chi connectivity index (χ4v) is 3.41. The number of halogens is 1. The summed E-state index contributed by atoms with van der Waals surface area (Å²) in [4.78, 5) is 2.43. The topological polar surface area (TPSA) is 21.7 Å². The van der Waals surface area contributed by atoms with Gasteiger partial charge < -0.3 is 14.4 Å². The van der Waals surface area contributed by atoms with Gasteiger partial charge in [-0.05, 0) is 40.9 Å². The first-order valence-electron chi connectivity index (χ1n) is 6.39. The van der Waals surface area contributed by atoms with Crippen LogP contribution in [0.1, 0.15) is 12.8 Å². The van der Waals surface area contributed by atoms with Gasteiger partial charge in [-0.3, -0.25) is 0 Å². The van der Waals surface area contributed by atoms with Crippen molar-refractivity contribution >= 4 is 21.6 Å². The average Bonchev–Trinajstić information content (AvgIpc) is 2.38. The van der Waals surface area contributed by atoms with Gasteiger partial charge in [0.25, 0.3) is 0 Å². The van der Waals surface area contributed by atoms with E-state index in [0.717, 1.165) is 36.5 Å². The molecule has 2 fully saturated rings. The molecule has 0 N–H and O–H groups in total. The van der Waals surface area contributed by atoms with Crippen LogP contribution in [0.15, 0.2) is 22.7 Å². The standard InChI is InChI=1S/C14H18BrNO2/c1-17-11-2-3-12(15)13(8-11)16-9-14(10-16)4-6-18-7-5-14/h2-3,8H,4-7,9-10H2,1H3. The monoisotopic (exact) mass is 311 g/mol. The third-order valence-corrected chi connectivity index (χ3v) is 4.77. The van der Waals surface area contributed by atoms with Gasteiger partial charge in [-0.25, -0.2) is 0 Å². The normalized spacial score (nSPS) is 21.8. The van der Waals surface area contributed by atoms with E-state index in [1.54, 1.807) is 7.11 Å². The van der Waals surface area contributed by atoms with Gasteiger partial charge in [0.15, 0.2) is 0 Å². The van der Waals surface area contributed by atoms with Gasteiger partial charge >= 0.3 is 0 Å². The van der Waals surface area contributed by atoms with Crippen LogP contribution in [0.2, 0.25) is 0 Å². The molecule has 0 atom stereocenters. The Morgan fingerprint density at radius 1 is 1.28 bits per heavy atom. The third-order valence-electron chi connectivity index (χ3n) is 4.10. The molecule has 2 aliphatic heterocycles. The number of anilines is 1. The van der Waals surface area contributed by atoms with Gasteiger partial charge in [0.2, 0.25) is 0 Å². The van der Waals surface area contributed by atoms with Crippen LogP contribution < -0.4 is 9.64 Å². The molecule has 0 bridgehead atoms. The van der Waals surface area contributed by atoms with Gasteiger partial charge in [0, 0.05) is 42.3 Å². The quantitative estimate of drug-likeness (QED) is 0.838. The molecule has 18 heavy (non-hydrogen) atoms. The fraction of sp³-hybridized carbons (Fsp3) is 0.571. The van der Waals surface area contributed by atoms with E-state index in [-0.39, 0.29) is 0 Å². The van der Waals surface area contributed by atoms with E-state index in [0.29, 0.717) is 5.41 Å². The molecule has 0 saturated carbocycles. The van der Waals surface area contributed by atoms with E-state index in [4.69, 9.17) is 9.47 Å². The molecule has 1 aromatic rings. The van der Waals surface area contributed by atoms with E-state index in [1.807, 2.05) is 6.07 Å². The van der Waals surface area contributed by atoms with E-state index < -0.39 is 0 Å². The van der Waals surface area contributed by atoms with Crippen LogP contribution in [0, 0.1) is 5.41 Å². The Hall–Kier alpha value is -0.740. The summed E-state index contributed by atoms with van der Waals surface area (Å²) in [5.41, 5.74) is 1.74. The molecule has 0 radical (unpaired) electrons. The van der Waals surface area contributed by atoms with Gasteiger partial charge in [-0.2, -0.15) is 0 Å². The van der Waals surface area contributed by atoms with Crippen molar-refractivity contribution in [3.8, 4) is 5.75 Å². The number of hydrogen-bond donors (Lipinski definition) is 0. The number of nitrogens with zero attached hydrogens (tertiary/aromatic N) is 1. The summed E-state index contributed by atoms with van der Waals surface area (Å²) in [6.07, 6.45) is 2.40. The molecule has 0 aliphatic carbocycles. The van der Waals surface area contributed by atoms with Crippen molar-refractivity contribution in [2.75, 3.05) is 38.3 Å². The lowest BCUT2D eigenvalue weighted by Crippen LogP contribution is -2.58. The summed E-state index contributed by atoms with van der Waals surface area (Å²) in [7, 11) is 1.71. The van der Waals surface area contributed by atoms with Crippen molar-refractivity contribution in [1.29, 1.82) is 0 Å². The highest BCUT2D eigenvalue weighted by Gasteiger charge is 2.44. The molecule has 0 amide bonds. The number of benzene rings is 1. The minimum absolute atomic E-state index is 0.501. The van der Waals surface area contributed by atoms with E-state index in [9.17, 15) is 0 Å². The van der Waals surface area contributed by atoms with Crippen LogP contribution in [-0.4, -0.2) is 33.4 Å². The summed E-state index contributed by atoms with van der Waals surface area (Å²) < 4.78 is 11.9. The second-order valence-corrected chi connectivity index (χ2v) is 6.14. The van der Waals surface area contributed by atoms with E-state index >= 15 is 0 Å². The Morgan fingerprint density at radius 2 is 2.00 bits per heavy atom. The zero-order valence-corrected chi connectivity index (χ0v) is 12.2. The Labute approximate surface area is 116 Å². The van der Waals surface area contributed by atoms with E-state index in [2.05, 4.69) is 33.0 Å². The largest absolute Gasteiger partial charge is 0.497 e. The van der Waals surface area contributed by atoms with Crippen molar-refractivity contribution in [2.45, 2.75) is 12.8 Å². The number of rotatable bonds is 2. The first-order valence-corrected chi connectivity index (χ1v) is 7.18. The second kappa shape index (κ2) is 4.74. The molecular formula is C14H18BrNO2. The summed E-state index contributed by atoms with van der Waals surface area (Å²) in [5.74, 6) is 0.918. The zero-order valence-electron chi connectivity index (χ0n) is 10.6. The van der Waals surface area contributed by atoms with Crippen LogP contribution in [0.25, 0.3) is 0 Å². The maximum absolute atomic E-state index is 5.45. The van der Waals surface area contributed by atoms with E-state index in [1.165, 1.54) is 18.5 Å². The lowest BCUT2D eigenvalue weighted by Gasteiger charge is -2.53. The molecule has 1 aromatic carbocycles. The van der Waals surface area contributed by atoms with Crippen LogP contribution in [0.5, 0.6) is 5.75 Å². The van der Waals surface area contributed by atoms with Crippen LogP contribution in [0.3, 0.4) is 0 Å². The molecule has 0 aromatic heterocycles. The highest BCUT2D eigenvalue weighted by molar-refractivity contribution is 9.10. The molecule has 4 heteroatoms. The van der Waals surface area contributed by atoms with Crippen LogP contribution >= 0.6 is 15.9 Å². The predicted molar refractivity (Wildman–Crippen MR) is 75.4 cm³/mol. The lowest BCUT2D eigenvalue weighted by molar-refractivity contribution is -0.000245. The Balaban J connectivity index is 1.74. The first-order chi connectivity index (χ1) is 8.72. The molecule has 3 nitrogen and oxygen atoms in total. The molecular weight excluding hydrogens is 294 g/mol. The summed E-state index contributed by atoms with van der Waals surface area (Å²) in [6.45, 7) is 4.13. The maximum atomic E-state index is 5.45. The minimum atomic E-state index is 0.501. The first kappa shape index (κ1) is 12.3. The summed E-state index contributed by atoms with van der Waals surface area (Å²) in [5, 5.41) is 0. The van der Waals surface area contributed by atoms with Gasteiger partial charge in [-0.15, -0.1) is 0 Å². The molecule has 2 heterocycles. The van der Waals surface area contributed by atoms with Crippen LogP contribution in [0.4, 0.5) is 5.69 Å². The van der Waals surface area contributed by atoms with Crippen molar-refractivity contribution in [3.63, 3.8) is 0 Å². The maximum Gasteiger partial charge on any atom is 0.121 e. The highest BCUT2D eigenvalue weighted by Crippen LogP contribution is 2.44. The molecule has 98 valence electrons. The Kier molecular flexibility index (Phi) is 3.24. The van der Waals surface area contributed by atoms with Crippen LogP contribution in [-0.2, 0) is 4.74 Å².